The number of Topliss-reactive ketones (excluding diaryl/α,β-unsaturated/α-hetero) is 1. The molecule has 0 unspecified atom stereocenters. The molecule has 0 atom stereocenters. The second-order valence-electron chi connectivity index (χ2n) is 3.74. The van der Waals surface area contributed by atoms with Crippen molar-refractivity contribution in [3.05, 3.63) is 23.3 Å². The van der Waals surface area contributed by atoms with Crippen molar-refractivity contribution in [3.63, 3.8) is 0 Å². The quantitative estimate of drug-likeness (QED) is 0.448. The molecule has 19 heavy (non-hydrogen) atoms. The summed E-state index contributed by atoms with van der Waals surface area (Å²) >= 11 is 0. The molecule has 0 saturated carbocycles. The van der Waals surface area contributed by atoms with Crippen molar-refractivity contribution >= 4 is 11.8 Å². The smallest absolute Gasteiger partial charge is 0.379 e. The molecular weight excluding hydrogens is 248 g/mol. The lowest BCUT2D eigenvalue weighted by Crippen LogP contribution is -2.20. The molecule has 0 aliphatic heterocycles. The van der Waals surface area contributed by atoms with Gasteiger partial charge in [-0.25, -0.2) is 4.79 Å². The van der Waals surface area contributed by atoms with Crippen molar-refractivity contribution in [3.8, 4) is 11.5 Å². The molecule has 0 aliphatic rings. The fraction of sp³-hybridized carbons (Fsp3) is 0.429. The molecule has 0 amide bonds. The van der Waals surface area contributed by atoms with Crippen molar-refractivity contribution in [2.45, 2.75) is 20.3 Å². The maximum Gasteiger partial charge on any atom is 0.379 e. The Labute approximate surface area is 112 Å². The van der Waals surface area contributed by atoms with Crippen LogP contribution in [0.4, 0.5) is 0 Å². The topological polar surface area (TPSA) is 61.8 Å². The van der Waals surface area contributed by atoms with Gasteiger partial charge in [0.1, 0.15) is 0 Å². The second-order valence-corrected chi connectivity index (χ2v) is 3.74. The van der Waals surface area contributed by atoms with E-state index in [0.717, 1.165) is 5.56 Å². The Morgan fingerprint density at radius 1 is 1.11 bits per heavy atom. The number of ether oxygens (including phenoxy) is 3. The Balaban J connectivity index is 3.37. The Hall–Kier alpha value is -2.04. The molecule has 0 N–H and O–H groups in total. The van der Waals surface area contributed by atoms with Gasteiger partial charge in [0, 0.05) is 0 Å². The van der Waals surface area contributed by atoms with E-state index in [-0.39, 0.29) is 17.9 Å². The number of esters is 1. The minimum absolute atomic E-state index is 0.151. The second kappa shape index (κ2) is 6.78. The first kappa shape index (κ1) is 15.0. The highest BCUT2D eigenvalue weighted by Gasteiger charge is 2.26. The number of carbonyl (C=O) groups excluding carboxylic acids is 2. The van der Waals surface area contributed by atoms with Crippen LogP contribution in [-0.4, -0.2) is 32.6 Å². The highest BCUT2D eigenvalue weighted by Crippen LogP contribution is 2.34. The maximum absolute atomic E-state index is 12.2. The van der Waals surface area contributed by atoms with Gasteiger partial charge in [0.2, 0.25) is 0 Å². The summed E-state index contributed by atoms with van der Waals surface area (Å²) < 4.78 is 15.1. The van der Waals surface area contributed by atoms with Crippen molar-refractivity contribution in [2.75, 3.05) is 20.8 Å². The van der Waals surface area contributed by atoms with Gasteiger partial charge in [0.15, 0.2) is 11.5 Å². The zero-order valence-corrected chi connectivity index (χ0v) is 11.6. The van der Waals surface area contributed by atoms with Crippen LogP contribution in [0.3, 0.4) is 0 Å². The van der Waals surface area contributed by atoms with E-state index in [1.807, 2.05) is 6.92 Å². The van der Waals surface area contributed by atoms with Gasteiger partial charge in [-0.2, -0.15) is 0 Å². The van der Waals surface area contributed by atoms with Gasteiger partial charge in [0.05, 0.1) is 26.4 Å². The molecule has 0 spiro atoms. The lowest BCUT2D eigenvalue weighted by molar-refractivity contribution is -0.137. The molecule has 0 aromatic heterocycles. The van der Waals surface area contributed by atoms with E-state index in [9.17, 15) is 9.59 Å². The van der Waals surface area contributed by atoms with Crippen molar-refractivity contribution < 1.29 is 23.8 Å². The Kier molecular flexibility index (Phi) is 5.36. The average Bonchev–Trinajstić information content (AvgIpc) is 2.44. The molecule has 104 valence electrons. The molecule has 1 rings (SSSR count). The minimum Gasteiger partial charge on any atom is -0.493 e. The number of hydrogen-bond acceptors (Lipinski definition) is 5. The third-order valence-electron chi connectivity index (χ3n) is 2.70. The van der Waals surface area contributed by atoms with E-state index >= 15 is 0 Å². The normalized spacial score (nSPS) is 9.89. The SMILES string of the molecule is CCOC(=O)C(=O)c1c(CC)ccc(OC)c1OC. The molecule has 1 aromatic rings. The summed E-state index contributed by atoms with van der Waals surface area (Å²) in [5, 5.41) is 0. The van der Waals surface area contributed by atoms with Crippen molar-refractivity contribution in [2.24, 2.45) is 0 Å². The Bertz CT molecular complexity index is 479. The zero-order chi connectivity index (χ0) is 14.4. The molecule has 5 heteroatoms. The van der Waals surface area contributed by atoms with Gasteiger partial charge >= 0.3 is 5.97 Å². The predicted octanol–water partition coefficient (Wildman–Crippen LogP) is 2.01. The third-order valence-corrected chi connectivity index (χ3v) is 2.70. The molecule has 0 aliphatic carbocycles. The van der Waals surface area contributed by atoms with E-state index in [2.05, 4.69) is 0 Å². The number of carbonyl (C=O) groups is 2. The van der Waals surface area contributed by atoms with Crippen LogP contribution in [-0.2, 0) is 16.0 Å². The molecule has 0 bridgehead atoms. The van der Waals surface area contributed by atoms with Crippen LogP contribution in [0.15, 0.2) is 12.1 Å². The fourth-order valence-electron chi connectivity index (χ4n) is 1.81. The summed E-state index contributed by atoms with van der Waals surface area (Å²) in [7, 11) is 2.90. The third kappa shape index (κ3) is 3.05. The van der Waals surface area contributed by atoms with Crippen LogP contribution in [0, 0.1) is 0 Å². The van der Waals surface area contributed by atoms with Crippen LogP contribution in [0.25, 0.3) is 0 Å². The van der Waals surface area contributed by atoms with Crippen molar-refractivity contribution in [1.82, 2.24) is 0 Å². The summed E-state index contributed by atoms with van der Waals surface area (Å²) in [6.45, 7) is 3.69. The molecular formula is C14H18O5. The largest absolute Gasteiger partial charge is 0.493 e. The van der Waals surface area contributed by atoms with Gasteiger partial charge in [0.25, 0.3) is 5.78 Å². The van der Waals surface area contributed by atoms with E-state index in [1.54, 1.807) is 19.1 Å². The highest BCUT2D eigenvalue weighted by atomic mass is 16.5. The Morgan fingerprint density at radius 3 is 2.26 bits per heavy atom. The molecule has 0 fully saturated rings. The summed E-state index contributed by atoms with van der Waals surface area (Å²) in [5.74, 6) is -0.926. The lowest BCUT2D eigenvalue weighted by Gasteiger charge is -2.14. The first-order valence-corrected chi connectivity index (χ1v) is 6.05. The summed E-state index contributed by atoms with van der Waals surface area (Å²) in [5.41, 5.74) is 0.929. The fourth-order valence-corrected chi connectivity index (χ4v) is 1.81. The monoisotopic (exact) mass is 266 g/mol. The lowest BCUT2D eigenvalue weighted by atomic mass is 9.99. The standard InChI is InChI=1S/C14H18O5/c1-5-9-7-8-10(17-3)13(18-4)11(9)12(15)14(16)19-6-2/h7-8H,5-6H2,1-4H3. The molecule has 1 aromatic carbocycles. The molecule has 0 saturated heterocycles. The summed E-state index contributed by atoms with van der Waals surface area (Å²) in [4.78, 5) is 23.8. The summed E-state index contributed by atoms with van der Waals surface area (Å²) in [6.07, 6.45) is 0.598. The zero-order valence-electron chi connectivity index (χ0n) is 11.6. The van der Waals surface area contributed by atoms with Gasteiger partial charge in [-0.15, -0.1) is 0 Å². The van der Waals surface area contributed by atoms with Crippen LogP contribution < -0.4 is 9.47 Å². The predicted molar refractivity (Wildman–Crippen MR) is 69.9 cm³/mol. The number of ketones is 1. The van der Waals surface area contributed by atoms with E-state index < -0.39 is 11.8 Å². The van der Waals surface area contributed by atoms with Crippen LogP contribution >= 0.6 is 0 Å². The molecule has 0 radical (unpaired) electrons. The summed E-state index contributed by atoms with van der Waals surface area (Å²) in [6, 6.07) is 3.45. The van der Waals surface area contributed by atoms with Crippen LogP contribution in [0.2, 0.25) is 0 Å². The Morgan fingerprint density at radius 2 is 1.79 bits per heavy atom. The van der Waals surface area contributed by atoms with Crippen molar-refractivity contribution in [1.29, 1.82) is 0 Å². The first-order chi connectivity index (χ1) is 9.10. The van der Waals surface area contributed by atoms with Gasteiger partial charge in [-0.05, 0) is 25.0 Å². The van der Waals surface area contributed by atoms with E-state index in [1.165, 1.54) is 14.2 Å². The van der Waals surface area contributed by atoms with E-state index in [0.29, 0.717) is 12.2 Å². The average molecular weight is 266 g/mol. The number of hydrogen-bond donors (Lipinski definition) is 0. The highest BCUT2D eigenvalue weighted by molar-refractivity contribution is 6.41. The van der Waals surface area contributed by atoms with Gasteiger partial charge in [-0.3, -0.25) is 4.79 Å². The maximum atomic E-state index is 12.2. The van der Waals surface area contributed by atoms with Crippen LogP contribution in [0.5, 0.6) is 11.5 Å². The minimum atomic E-state index is -0.885. The molecule has 5 nitrogen and oxygen atoms in total. The molecule has 0 heterocycles. The number of methoxy groups -OCH3 is 2. The van der Waals surface area contributed by atoms with Gasteiger partial charge in [-0.1, -0.05) is 13.0 Å². The number of rotatable bonds is 6. The van der Waals surface area contributed by atoms with Gasteiger partial charge < -0.3 is 14.2 Å². The number of benzene rings is 1. The number of aryl methyl sites for hydroxylation is 1. The first-order valence-electron chi connectivity index (χ1n) is 6.05. The van der Waals surface area contributed by atoms with Crippen LogP contribution in [0.1, 0.15) is 29.8 Å². The van der Waals surface area contributed by atoms with E-state index in [4.69, 9.17) is 14.2 Å².